The Kier molecular flexibility index (Phi) is 5.83. The lowest BCUT2D eigenvalue weighted by molar-refractivity contribution is -0.121. The molecule has 1 heterocycles. The Morgan fingerprint density at radius 2 is 2.14 bits per heavy atom. The van der Waals surface area contributed by atoms with Crippen LogP contribution in [0.25, 0.3) is 11.3 Å². The number of rotatable bonds is 7. The lowest BCUT2D eigenvalue weighted by Crippen LogP contribution is -2.22. The first-order valence-electron chi connectivity index (χ1n) is 7.12. The molecular weight excluding hydrogens is 296 g/mol. The van der Waals surface area contributed by atoms with E-state index in [0.29, 0.717) is 25.3 Å². The van der Waals surface area contributed by atoms with Crippen LogP contribution in [-0.4, -0.2) is 17.1 Å². The van der Waals surface area contributed by atoms with Crippen molar-refractivity contribution < 1.29 is 9.21 Å². The number of hydrogen-bond donors (Lipinski definition) is 1. The molecule has 0 aliphatic carbocycles. The summed E-state index contributed by atoms with van der Waals surface area (Å²) in [6, 6.07) is 8.15. The first-order chi connectivity index (χ1) is 10.6. The molecular formula is C17H20N2O2S. The Morgan fingerprint density at radius 1 is 1.41 bits per heavy atom. The number of aromatic nitrogens is 1. The van der Waals surface area contributed by atoms with Crippen LogP contribution in [0.15, 0.2) is 46.2 Å². The second-order valence-corrected chi connectivity index (χ2v) is 5.73. The summed E-state index contributed by atoms with van der Waals surface area (Å²) < 4.78 is 5.78. The van der Waals surface area contributed by atoms with E-state index in [1.807, 2.05) is 25.3 Å². The van der Waals surface area contributed by atoms with Crippen LogP contribution in [0.3, 0.4) is 0 Å². The Bertz CT molecular complexity index is 647. The van der Waals surface area contributed by atoms with E-state index < -0.39 is 0 Å². The van der Waals surface area contributed by atoms with Crippen LogP contribution >= 0.6 is 11.8 Å². The lowest BCUT2D eigenvalue weighted by Gasteiger charge is -2.01. The van der Waals surface area contributed by atoms with Gasteiger partial charge in [0, 0.05) is 16.9 Å². The standard InChI is InChI=1S/C17H20N2O2S/c1-4-5-6-15(20)18-11-16-19-12(2)17(21-16)13-7-9-14(22-3)10-8-13/h4,7-10H,1,5-6,11H2,2-3H3,(H,18,20). The van der Waals surface area contributed by atoms with Gasteiger partial charge in [0.25, 0.3) is 0 Å². The normalized spacial score (nSPS) is 10.5. The van der Waals surface area contributed by atoms with Crippen LogP contribution in [0.4, 0.5) is 0 Å². The van der Waals surface area contributed by atoms with E-state index in [-0.39, 0.29) is 5.91 Å². The minimum Gasteiger partial charge on any atom is -0.438 e. The Hall–Kier alpha value is -2.01. The SMILES string of the molecule is C=CCCC(=O)NCc1nc(C)c(-c2ccc(SC)cc2)o1. The second-order valence-electron chi connectivity index (χ2n) is 4.85. The van der Waals surface area contributed by atoms with Gasteiger partial charge in [-0.05, 0) is 31.7 Å². The molecule has 0 saturated carbocycles. The molecule has 0 aliphatic rings. The number of nitrogens with zero attached hydrogens (tertiary/aromatic N) is 1. The van der Waals surface area contributed by atoms with Crippen molar-refractivity contribution in [2.24, 2.45) is 0 Å². The molecule has 0 aliphatic heterocycles. The van der Waals surface area contributed by atoms with Gasteiger partial charge in [-0.15, -0.1) is 18.3 Å². The summed E-state index contributed by atoms with van der Waals surface area (Å²) in [6.45, 7) is 5.81. The zero-order valence-corrected chi connectivity index (χ0v) is 13.7. The summed E-state index contributed by atoms with van der Waals surface area (Å²) >= 11 is 1.70. The highest BCUT2D eigenvalue weighted by Crippen LogP contribution is 2.26. The van der Waals surface area contributed by atoms with Crippen LogP contribution in [0.1, 0.15) is 24.4 Å². The van der Waals surface area contributed by atoms with Gasteiger partial charge in [-0.3, -0.25) is 4.79 Å². The number of benzene rings is 1. The molecule has 22 heavy (non-hydrogen) atoms. The number of carbonyl (C=O) groups excluding carboxylic acids is 1. The minimum absolute atomic E-state index is 0.0263. The molecule has 2 rings (SSSR count). The summed E-state index contributed by atoms with van der Waals surface area (Å²) in [5.41, 5.74) is 1.82. The predicted octanol–water partition coefficient (Wildman–Crippen LogP) is 3.95. The number of thioether (sulfide) groups is 1. The zero-order valence-electron chi connectivity index (χ0n) is 12.9. The Labute approximate surface area is 135 Å². The first kappa shape index (κ1) is 16.4. The van der Waals surface area contributed by atoms with Gasteiger partial charge in [-0.1, -0.05) is 18.2 Å². The molecule has 0 fully saturated rings. The number of nitrogens with one attached hydrogen (secondary N) is 1. The molecule has 0 unspecified atom stereocenters. The summed E-state index contributed by atoms with van der Waals surface area (Å²) in [5.74, 6) is 1.25. The van der Waals surface area contributed by atoms with E-state index in [1.54, 1.807) is 17.8 Å². The fourth-order valence-electron chi connectivity index (χ4n) is 2.03. The molecule has 1 aromatic carbocycles. The topological polar surface area (TPSA) is 55.1 Å². The van der Waals surface area contributed by atoms with Gasteiger partial charge in [0.1, 0.15) is 0 Å². The van der Waals surface area contributed by atoms with Crippen molar-refractivity contribution in [3.63, 3.8) is 0 Å². The van der Waals surface area contributed by atoms with Gasteiger partial charge in [-0.2, -0.15) is 0 Å². The molecule has 1 amide bonds. The summed E-state index contributed by atoms with van der Waals surface area (Å²) in [6.07, 6.45) is 4.88. The molecule has 1 N–H and O–H groups in total. The number of oxazole rings is 1. The molecule has 0 bridgehead atoms. The largest absolute Gasteiger partial charge is 0.438 e. The van der Waals surface area contributed by atoms with E-state index in [2.05, 4.69) is 29.0 Å². The molecule has 4 nitrogen and oxygen atoms in total. The molecule has 116 valence electrons. The van der Waals surface area contributed by atoms with E-state index in [9.17, 15) is 4.79 Å². The van der Waals surface area contributed by atoms with E-state index in [1.165, 1.54) is 4.90 Å². The summed E-state index contributed by atoms with van der Waals surface area (Å²) in [5, 5.41) is 2.80. The van der Waals surface area contributed by atoms with E-state index in [4.69, 9.17) is 4.42 Å². The Balaban J connectivity index is 2.04. The summed E-state index contributed by atoms with van der Waals surface area (Å²) in [4.78, 5) is 17.2. The highest BCUT2D eigenvalue weighted by Gasteiger charge is 2.12. The molecule has 2 aromatic rings. The molecule has 5 heteroatoms. The maximum absolute atomic E-state index is 11.6. The van der Waals surface area contributed by atoms with E-state index >= 15 is 0 Å². The molecule has 0 atom stereocenters. The van der Waals surface area contributed by atoms with Crippen LogP contribution in [-0.2, 0) is 11.3 Å². The van der Waals surface area contributed by atoms with Gasteiger partial charge in [0.05, 0.1) is 12.2 Å². The van der Waals surface area contributed by atoms with Crippen LogP contribution < -0.4 is 5.32 Å². The first-order valence-corrected chi connectivity index (χ1v) is 8.35. The third kappa shape index (κ3) is 4.24. The maximum Gasteiger partial charge on any atom is 0.220 e. The third-order valence-electron chi connectivity index (χ3n) is 3.21. The van der Waals surface area contributed by atoms with Crippen LogP contribution in [0.5, 0.6) is 0 Å². The van der Waals surface area contributed by atoms with Crippen molar-refractivity contribution in [3.8, 4) is 11.3 Å². The highest BCUT2D eigenvalue weighted by atomic mass is 32.2. The highest BCUT2D eigenvalue weighted by molar-refractivity contribution is 7.98. The smallest absolute Gasteiger partial charge is 0.220 e. The van der Waals surface area contributed by atoms with E-state index in [0.717, 1.165) is 17.0 Å². The predicted molar refractivity (Wildman–Crippen MR) is 89.7 cm³/mol. The number of aryl methyl sites for hydroxylation is 1. The third-order valence-corrected chi connectivity index (χ3v) is 3.95. The monoisotopic (exact) mass is 316 g/mol. The van der Waals surface area contributed by atoms with Crippen molar-refractivity contribution in [3.05, 3.63) is 48.5 Å². The quantitative estimate of drug-likeness (QED) is 0.620. The van der Waals surface area contributed by atoms with Crippen molar-refractivity contribution in [1.29, 1.82) is 0 Å². The minimum atomic E-state index is -0.0263. The second kappa shape index (κ2) is 7.84. The van der Waals surface area contributed by atoms with Gasteiger partial charge in [0.2, 0.25) is 11.8 Å². The number of allylic oxidation sites excluding steroid dienone is 1. The van der Waals surface area contributed by atoms with Crippen molar-refractivity contribution in [1.82, 2.24) is 10.3 Å². The van der Waals surface area contributed by atoms with Crippen molar-refractivity contribution in [2.75, 3.05) is 6.26 Å². The number of hydrogen-bond acceptors (Lipinski definition) is 4. The van der Waals surface area contributed by atoms with Crippen molar-refractivity contribution >= 4 is 17.7 Å². The molecule has 1 aromatic heterocycles. The van der Waals surface area contributed by atoms with Crippen molar-refractivity contribution in [2.45, 2.75) is 31.2 Å². The average Bonchev–Trinajstić information content (AvgIpc) is 2.92. The molecule has 0 radical (unpaired) electrons. The van der Waals surface area contributed by atoms with Gasteiger partial charge >= 0.3 is 0 Å². The van der Waals surface area contributed by atoms with Gasteiger partial charge < -0.3 is 9.73 Å². The lowest BCUT2D eigenvalue weighted by atomic mass is 10.1. The van der Waals surface area contributed by atoms with Gasteiger partial charge in [-0.25, -0.2) is 4.98 Å². The summed E-state index contributed by atoms with van der Waals surface area (Å²) in [7, 11) is 0. The number of amides is 1. The average molecular weight is 316 g/mol. The molecule has 0 saturated heterocycles. The number of carbonyl (C=O) groups is 1. The zero-order chi connectivity index (χ0) is 15.9. The maximum atomic E-state index is 11.6. The fraction of sp³-hybridized carbons (Fsp3) is 0.294. The van der Waals surface area contributed by atoms with Crippen LogP contribution in [0, 0.1) is 6.92 Å². The van der Waals surface area contributed by atoms with Crippen LogP contribution in [0.2, 0.25) is 0 Å². The van der Waals surface area contributed by atoms with Gasteiger partial charge in [0.15, 0.2) is 5.76 Å². The Morgan fingerprint density at radius 3 is 2.77 bits per heavy atom. The molecule has 0 spiro atoms. The fourth-order valence-corrected chi connectivity index (χ4v) is 2.44.